The Hall–Kier alpha value is -1.56. The van der Waals surface area contributed by atoms with E-state index in [4.69, 9.17) is 0 Å². The van der Waals surface area contributed by atoms with Gasteiger partial charge in [-0.1, -0.05) is 0 Å². The molecule has 0 unspecified atom stereocenters. The third kappa shape index (κ3) is 2.33. The molecule has 0 saturated carbocycles. The van der Waals surface area contributed by atoms with E-state index in [0.29, 0.717) is 11.5 Å². The first-order valence-corrected chi connectivity index (χ1v) is 5.44. The minimum atomic E-state index is -0.0661. The summed E-state index contributed by atoms with van der Waals surface area (Å²) in [5, 5.41) is 3.90. The molecule has 0 radical (unpaired) electrons. The van der Waals surface area contributed by atoms with Crippen molar-refractivity contribution in [3.05, 3.63) is 40.6 Å². The number of halogens is 1. The predicted molar refractivity (Wildman–Crippen MR) is 61.0 cm³/mol. The highest BCUT2D eigenvalue weighted by molar-refractivity contribution is 9.10. The molecule has 2 heterocycles. The maximum atomic E-state index is 11.8. The molecule has 0 aliphatic carbocycles. The summed E-state index contributed by atoms with van der Waals surface area (Å²) in [4.78, 5) is 19.8. The Morgan fingerprint density at radius 1 is 1.44 bits per heavy atom. The van der Waals surface area contributed by atoms with Crippen LogP contribution in [0, 0.1) is 0 Å². The number of ketones is 1. The SMILES string of the molecule is Cn1ncnc1CC(=O)c1ccc(Br)cn1. The number of carbonyl (C=O) groups is 1. The molecule has 2 rings (SSSR count). The fraction of sp³-hybridized carbons (Fsp3) is 0.200. The Balaban J connectivity index is 2.15. The molecule has 2 aromatic rings. The molecule has 0 fully saturated rings. The van der Waals surface area contributed by atoms with Gasteiger partial charge in [-0.05, 0) is 28.1 Å². The molecular formula is C10H9BrN4O. The summed E-state index contributed by atoms with van der Waals surface area (Å²) in [7, 11) is 1.75. The quantitative estimate of drug-likeness (QED) is 0.798. The van der Waals surface area contributed by atoms with Gasteiger partial charge >= 0.3 is 0 Å². The topological polar surface area (TPSA) is 60.7 Å². The molecule has 2 aromatic heterocycles. The Labute approximate surface area is 101 Å². The van der Waals surface area contributed by atoms with E-state index in [2.05, 4.69) is 31.0 Å². The van der Waals surface area contributed by atoms with Crippen molar-refractivity contribution in [2.75, 3.05) is 0 Å². The van der Waals surface area contributed by atoms with Crippen LogP contribution in [0.3, 0.4) is 0 Å². The predicted octanol–water partition coefficient (Wildman–Crippen LogP) is 1.40. The van der Waals surface area contributed by atoms with Crippen molar-refractivity contribution in [2.24, 2.45) is 7.05 Å². The highest BCUT2D eigenvalue weighted by Crippen LogP contribution is 2.09. The minimum Gasteiger partial charge on any atom is -0.292 e. The largest absolute Gasteiger partial charge is 0.292 e. The van der Waals surface area contributed by atoms with Crippen molar-refractivity contribution in [3.8, 4) is 0 Å². The molecular weight excluding hydrogens is 272 g/mol. The maximum absolute atomic E-state index is 11.8. The van der Waals surface area contributed by atoms with Gasteiger partial charge < -0.3 is 0 Å². The monoisotopic (exact) mass is 280 g/mol. The van der Waals surface area contributed by atoms with Gasteiger partial charge in [0.2, 0.25) is 0 Å². The van der Waals surface area contributed by atoms with Crippen LogP contribution in [-0.2, 0) is 13.5 Å². The van der Waals surface area contributed by atoms with E-state index in [1.807, 2.05) is 0 Å². The van der Waals surface area contributed by atoms with E-state index in [0.717, 1.165) is 4.47 Å². The van der Waals surface area contributed by atoms with E-state index >= 15 is 0 Å². The number of hydrogen-bond donors (Lipinski definition) is 0. The van der Waals surface area contributed by atoms with Gasteiger partial charge in [-0.15, -0.1) is 0 Å². The Bertz CT molecular complexity index is 506. The molecule has 16 heavy (non-hydrogen) atoms. The van der Waals surface area contributed by atoms with Crippen LogP contribution in [0.4, 0.5) is 0 Å². The number of rotatable bonds is 3. The molecule has 0 aromatic carbocycles. The number of carbonyl (C=O) groups excluding carboxylic acids is 1. The standard InChI is InChI=1S/C10H9BrN4O/c1-15-10(13-6-14-15)4-9(16)8-3-2-7(11)5-12-8/h2-3,5-6H,4H2,1H3. The zero-order valence-corrected chi connectivity index (χ0v) is 10.2. The third-order valence-electron chi connectivity index (χ3n) is 2.14. The molecule has 0 N–H and O–H groups in total. The smallest absolute Gasteiger partial charge is 0.188 e. The van der Waals surface area contributed by atoms with Gasteiger partial charge in [0.05, 0.1) is 6.42 Å². The normalized spacial score (nSPS) is 10.4. The fourth-order valence-corrected chi connectivity index (χ4v) is 1.49. The third-order valence-corrected chi connectivity index (χ3v) is 2.61. The van der Waals surface area contributed by atoms with Gasteiger partial charge in [0.25, 0.3) is 0 Å². The van der Waals surface area contributed by atoms with Crippen molar-refractivity contribution >= 4 is 21.7 Å². The average molecular weight is 281 g/mol. The first-order valence-electron chi connectivity index (χ1n) is 4.64. The summed E-state index contributed by atoms with van der Waals surface area (Å²) in [6, 6.07) is 3.47. The van der Waals surface area contributed by atoms with E-state index in [1.54, 1.807) is 30.1 Å². The Morgan fingerprint density at radius 2 is 2.25 bits per heavy atom. The van der Waals surface area contributed by atoms with Crippen molar-refractivity contribution in [3.63, 3.8) is 0 Å². The van der Waals surface area contributed by atoms with Crippen molar-refractivity contribution in [1.82, 2.24) is 19.7 Å². The number of aromatic nitrogens is 4. The van der Waals surface area contributed by atoms with E-state index in [-0.39, 0.29) is 12.2 Å². The highest BCUT2D eigenvalue weighted by Gasteiger charge is 2.11. The number of aryl methyl sites for hydroxylation is 1. The Kier molecular flexibility index (Phi) is 3.09. The van der Waals surface area contributed by atoms with Crippen LogP contribution in [0.25, 0.3) is 0 Å². The first-order chi connectivity index (χ1) is 7.66. The summed E-state index contributed by atoms with van der Waals surface area (Å²) in [5.74, 6) is 0.568. The molecule has 0 aliphatic heterocycles. The van der Waals surface area contributed by atoms with E-state index in [1.165, 1.54) is 6.33 Å². The molecule has 6 heteroatoms. The van der Waals surface area contributed by atoms with Crippen molar-refractivity contribution in [2.45, 2.75) is 6.42 Å². The second kappa shape index (κ2) is 4.52. The number of hydrogen-bond acceptors (Lipinski definition) is 4. The average Bonchev–Trinajstić information content (AvgIpc) is 2.65. The molecule has 82 valence electrons. The van der Waals surface area contributed by atoms with Gasteiger partial charge in [0, 0.05) is 17.7 Å². The molecule has 0 saturated heterocycles. The molecule has 0 bridgehead atoms. The lowest BCUT2D eigenvalue weighted by Gasteiger charge is -2.00. The van der Waals surface area contributed by atoms with Crippen LogP contribution in [-0.4, -0.2) is 25.5 Å². The molecule has 5 nitrogen and oxygen atoms in total. The molecule has 0 amide bonds. The summed E-state index contributed by atoms with van der Waals surface area (Å²) in [6.45, 7) is 0. The van der Waals surface area contributed by atoms with Gasteiger partial charge in [0.15, 0.2) is 5.78 Å². The summed E-state index contributed by atoms with van der Waals surface area (Å²) in [5.41, 5.74) is 0.436. The van der Waals surface area contributed by atoms with Gasteiger partial charge in [-0.25, -0.2) is 4.98 Å². The molecule has 0 atom stereocenters. The van der Waals surface area contributed by atoms with Gasteiger partial charge in [-0.2, -0.15) is 5.10 Å². The molecule has 0 spiro atoms. The minimum absolute atomic E-state index is 0.0661. The zero-order valence-electron chi connectivity index (χ0n) is 8.59. The van der Waals surface area contributed by atoms with Crippen LogP contribution in [0.2, 0.25) is 0 Å². The lowest BCUT2D eigenvalue weighted by Crippen LogP contribution is -2.10. The maximum Gasteiger partial charge on any atom is 0.188 e. The van der Waals surface area contributed by atoms with Crippen LogP contribution < -0.4 is 0 Å². The van der Waals surface area contributed by atoms with E-state index < -0.39 is 0 Å². The summed E-state index contributed by atoms with van der Waals surface area (Å²) < 4.78 is 2.43. The second-order valence-electron chi connectivity index (χ2n) is 3.26. The summed E-state index contributed by atoms with van der Waals surface area (Å²) >= 11 is 3.27. The zero-order chi connectivity index (χ0) is 11.5. The van der Waals surface area contributed by atoms with Gasteiger partial charge in [-0.3, -0.25) is 14.5 Å². The van der Waals surface area contributed by atoms with Crippen molar-refractivity contribution < 1.29 is 4.79 Å². The van der Waals surface area contributed by atoms with Crippen LogP contribution in [0.1, 0.15) is 16.3 Å². The fourth-order valence-electron chi connectivity index (χ4n) is 1.26. The van der Waals surface area contributed by atoms with Crippen molar-refractivity contribution in [1.29, 1.82) is 0 Å². The summed E-state index contributed by atoms with van der Waals surface area (Å²) in [6.07, 6.45) is 3.24. The lowest BCUT2D eigenvalue weighted by atomic mass is 10.2. The van der Waals surface area contributed by atoms with Crippen LogP contribution in [0.15, 0.2) is 29.1 Å². The number of Topliss-reactive ketones (excluding diaryl/α,β-unsaturated/α-hetero) is 1. The lowest BCUT2D eigenvalue weighted by molar-refractivity contribution is 0.0985. The second-order valence-corrected chi connectivity index (χ2v) is 4.18. The van der Waals surface area contributed by atoms with E-state index in [9.17, 15) is 4.79 Å². The highest BCUT2D eigenvalue weighted by atomic mass is 79.9. The van der Waals surface area contributed by atoms with Crippen LogP contribution in [0.5, 0.6) is 0 Å². The number of pyridine rings is 1. The molecule has 0 aliphatic rings. The van der Waals surface area contributed by atoms with Gasteiger partial charge in [0.1, 0.15) is 17.8 Å². The Morgan fingerprint density at radius 3 is 2.81 bits per heavy atom. The van der Waals surface area contributed by atoms with Crippen LogP contribution >= 0.6 is 15.9 Å². The first kappa shape index (κ1) is 10.9. The number of nitrogens with zero attached hydrogens (tertiary/aromatic N) is 4.